The summed E-state index contributed by atoms with van der Waals surface area (Å²) in [6.45, 7) is 5.06. The van der Waals surface area contributed by atoms with Crippen LogP contribution < -0.4 is 9.47 Å². The molecule has 0 aliphatic carbocycles. The van der Waals surface area contributed by atoms with Gasteiger partial charge in [0.05, 0.1) is 19.4 Å². The third-order valence-corrected chi connectivity index (χ3v) is 4.76. The molecule has 0 aliphatic heterocycles. The molecule has 31 heavy (non-hydrogen) atoms. The highest BCUT2D eigenvalue weighted by Gasteiger charge is 2.37. The molecule has 1 aromatic carbocycles. The van der Waals surface area contributed by atoms with E-state index in [9.17, 15) is 13.2 Å². The highest BCUT2D eigenvalue weighted by atomic mass is 32.1. The molecule has 0 unspecified atom stereocenters. The third-order valence-electron chi connectivity index (χ3n) is 4.50. The molecule has 0 radical (unpaired) electrons. The fourth-order valence-corrected chi connectivity index (χ4v) is 3.12. The van der Waals surface area contributed by atoms with E-state index in [0.29, 0.717) is 35.0 Å². The summed E-state index contributed by atoms with van der Waals surface area (Å²) in [4.78, 5) is 0. The molecule has 0 fully saturated rings. The Morgan fingerprint density at radius 2 is 1.77 bits per heavy atom. The van der Waals surface area contributed by atoms with Crippen LogP contribution in [-0.2, 0) is 6.18 Å². The predicted molar refractivity (Wildman–Crippen MR) is 117 cm³/mol. The summed E-state index contributed by atoms with van der Waals surface area (Å²) < 4.78 is 50.8. The molecular formula is C21H29F3N4O2S. The lowest BCUT2D eigenvalue weighted by atomic mass is 10.1. The number of aromatic amines is 1. The van der Waals surface area contributed by atoms with Gasteiger partial charge in [0.2, 0.25) is 4.77 Å². The van der Waals surface area contributed by atoms with Gasteiger partial charge in [0.1, 0.15) is 0 Å². The molecular weight excluding hydrogens is 429 g/mol. The van der Waals surface area contributed by atoms with Gasteiger partial charge < -0.3 is 9.47 Å². The first-order valence-corrected chi connectivity index (χ1v) is 11.0. The zero-order chi connectivity index (χ0) is 22.7. The molecule has 0 saturated heterocycles. The van der Waals surface area contributed by atoms with Crippen LogP contribution in [0.15, 0.2) is 23.3 Å². The smallest absolute Gasteiger partial charge is 0.453 e. The number of hydrogen-bond donors (Lipinski definition) is 1. The molecule has 1 aromatic heterocycles. The summed E-state index contributed by atoms with van der Waals surface area (Å²) in [5.74, 6) is -0.101. The van der Waals surface area contributed by atoms with Crippen molar-refractivity contribution in [1.82, 2.24) is 14.9 Å². The minimum Gasteiger partial charge on any atom is -0.490 e. The number of unbranched alkanes of at least 4 members (excludes halogenated alkanes) is 6. The van der Waals surface area contributed by atoms with E-state index >= 15 is 0 Å². The Kier molecular flexibility index (Phi) is 10.0. The van der Waals surface area contributed by atoms with Gasteiger partial charge in [-0.15, -0.1) is 5.10 Å². The van der Waals surface area contributed by atoms with Crippen LogP contribution in [0.5, 0.6) is 11.5 Å². The molecule has 0 saturated carbocycles. The van der Waals surface area contributed by atoms with Gasteiger partial charge in [-0.25, -0.2) is 5.10 Å². The zero-order valence-corrected chi connectivity index (χ0v) is 18.7. The van der Waals surface area contributed by atoms with Gasteiger partial charge in [-0.1, -0.05) is 45.4 Å². The van der Waals surface area contributed by atoms with Gasteiger partial charge in [-0.05, 0) is 49.3 Å². The maximum absolute atomic E-state index is 13.0. The SMILES string of the molecule is CCCCCCCCCOc1ccc(/C=N\n2c(C(F)(F)F)n[nH]c2=S)cc1OCC. The summed E-state index contributed by atoms with van der Waals surface area (Å²) in [5.41, 5.74) is 0.544. The van der Waals surface area contributed by atoms with Crippen molar-refractivity contribution >= 4 is 18.4 Å². The lowest BCUT2D eigenvalue weighted by molar-refractivity contribution is -0.147. The van der Waals surface area contributed by atoms with E-state index in [4.69, 9.17) is 21.7 Å². The summed E-state index contributed by atoms with van der Waals surface area (Å²) in [6.07, 6.45) is 4.93. The van der Waals surface area contributed by atoms with Crippen molar-refractivity contribution in [2.24, 2.45) is 5.10 Å². The van der Waals surface area contributed by atoms with E-state index in [2.05, 4.69) is 22.2 Å². The van der Waals surface area contributed by atoms with Crippen molar-refractivity contribution in [3.8, 4) is 11.5 Å². The topological polar surface area (TPSA) is 64.4 Å². The first-order chi connectivity index (χ1) is 14.9. The molecule has 0 bridgehead atoms. The van der Waals surface area contributed by atoms with Crippen LogP contribution in [0.25, 0.3) is 0 Å². The van der Waals surface area contributed by atoms with Crippen molar-refractivity contribution in [2.45, 2.75) is 65.0 Å². The highest BCUT2D eigenvalue weighted by molar-refractivity contribution is 7.71. The molecule has 0 spiro atoms. The molecule has 0 aliphatic rings. The second-order valence-corrected chi connectivity index (χ2v) is 7.40. The average Bonchev–Trinajstić information content (AvgIpc) is 3.10. The maximum atomic E-state index is 13.0. The standard InChI is InChI=1S/C21H29F3N4O2S/c1-3-5-6-7-8-9-10-13-30-17-12-11-16(14-18(17)29-4-2)15-25-28-19(21(22,23)24)26-27-20(28)31/h11-12,14-15H,3-10,13H2,1-2H3,(H,27,31)/b25-15-. The van der Waals surface area contributed by atoms with Crippen LogP contribution in [0.2, 0.25) is 0 Å². The third kappa shape index (κ3) is 8.01. The van der Waals surface area contributed by atoms with Gasteiger partial charge in [-0.2, -0.15) is 22.9 Å². The predicted octanol–water partition coefficient (Wildman–Crippen LogP) is 6.37. The summed E-state index contributed by atoms with van der Waals surface area (Å²) in [7, 11) is 0. The second kappa shape index (κ2) is 12.5. The molecule has 2 aromatic rings. The number of hydrogen-bond acceptors (Lipinski definition) is 5. The monoisotopic (exact) mass is 458 g/mol. The number of halogens is 3. The van der Waals surface area contributed by atoms with Crippen LogP contribution in [0.4, 0.5) is 13.2 Å². The average molecular weight is 459 g/mol. The summed E-state index contributed by atoms with van der Waals surface area (Å²) in [5, 5.41) is 9.13. The van der Waals surface area contributed by atoms with E-state index in [-0.39, 0.29) is 4.77 Å². The fourth-order valence-electron chi connectivity index (χ4n) is 2.94. The van der Waals surface area contributed by atoms with Gasteiger partial charge in [0.15, 0.2) is 11.5 Å². The van der Waals surface area contributed by atoms with Gasteiger partial charge in [0, 0.05) is 0 Å². The van der Waals surface area contributed by atoms with Gasteiger partial charge in [-0.3, -0.25) is 0 Å². The Balaban J connectivity index is 2.00. The number of rotatable bonds is 13. The van der Waals surface area contributed by atoms with Gasteiger partial charge >= 0.3 is 6.18 Å². The summed E-state index contributed by atoms with van der Waals surface area (Å²) in [6, 6.07) is 5.10. The number of ether oxygens (including phenoxy) is 2. The maximum Gasteiger partial charge on any atom is 0.453 e. The van der Waals surface area contributed by atoms with Crippen molar-refractivity contribution in [3.05, 3.63) is 34.4 Å². The van der Waals surface area contributed by atoms with E-state index < -0.39 is 12.0 Å². The molecule has 10 heteroatoms. The minimum absolute atomic E-state index is 0.247. The summed E-state index contributed by atoms with van der Waals surface area (Å²) >= 11 is 4.83. The Bertz CT molecular complexity index is 893. The Hall–Kier alpha value is -2.36. The minimum atomic E-state index is -4.67. The number of H-pyrrole nitrogens is 1. The molecule has 1 N–H and O–H groups in total. The largest absolute Gasteiger partial charge is 0.490 e. The van der Waals surface area contributed by atoms with Crippen LogP contribution in [0, 0.1) is 4.77 Å². The normalized spacial score (nSPS) is 11.9. The highest BCUT2D eigenvalue weighted by Crippen LogP contribution is 2.29. The number of nitrogens with one attached hydrogen (secondary N) is 1. The first-order valence-electron chi connectivity index (χ1n) is 10.6. The lowest BCUT2D eigenvalue weighted by Gasteiger charge is -2.12. The van der Waals surface area contributed by atoms with Crippen LogP contribution >= 0.6 is 12.2 Å². The molecule has 0 amide bonds. The van der Waals surface area contributed by atoms with E-state index in [1.807, 2.05) is 6.92 Å². The molecule has 172 valence electrons. The number of nitrogens with zero attached hydrogens (tertiary/aromatic N) is 3. The van der Waals surface area contributed by atoms with Crippen LogP contribution in [-0.4, -0.2) is 34.3 Å². The Labute approximate surface area is 185 Å². The first kappa shape index (κ1) is 24.9. The Morgan fingerprint density at radius 1 is 1.06 bits per heavy atom. The van der Waals surface area contributed by atoms with Gasteiger partial charge in [0.25, 0.3) is 5.82 Å². The van der Waals surface area contributed by atoms with Crippen molar-refractivity contribution in [3.63, 3.8) is 0 Å². The van der Waals surface area contributed by atoms with Crippen LogP contribution in [0.3, 0.4) is 0 Å². The van der Waals surface area contributed by atoms with E-state index in [1.165, 1.54) is 38.3 Å². The zero-order valence-electron chi connectivity index (χ0n) is 17.9. The Morgan fingerprint density at radius 3 is 2.45 bits per heavy atom. The van der Waals surface area contributed by atoms with Crippen LogP contribution in [0.1, 0.15) is 70.2 Å². The fraction of sp³-hybridized carbons (Fsp3) is 0.571. The van der Waals surface area contributed by atoms with E-state index in [0.717, 1.165) is 12.8 Å². The number of benzene rings is 1. The molecule has 6 nitrogen and oxygen atoms in total. The second-order valence-electron chi connectivity index (χ2n) is 7.02. The molecule has 2 rings (SSSR count). The van der Waals surface area contributed by atoms with Crippen molar-refractivity contribution < 1.29 is 22.6 Å². The quantitative estimate of drug-likeness (QED) is 0.215. The molecule has 0 atom stereocenters. The van der Waals surface area contributed by atoms with Crippen molar-refractivity contribution in [1.29, 1.82) is 0 Å². The van der Waals surface area contributed by atoms with E-state index in [1.54, 1.807) is 18.2 Å². The number of alkyl halides is 3. The number of aromatic nitrogens is 3. The lowest BCUT2D eigenvalue weighted by Crippen LogP contribution is -2.12. The van der Waals surface area contributed by atoms with Crippen molar-refractivity contribution in [2.75, 3.05) is 13.2 Å². The molecule has 1 heterocycles.